The standard InChI is InChI=1S/C22H30N2O3/c1-22(2,3)17-8-10-18(11-9-17)27-16-21(25)23-15-19(20-7-6-14-26-20)24-12-4-5-13-24/h6-11,14,19H,4-5,12-13,15-16H2,1-3H3,(H,23,25)/p+1/t19-/m0/s1. The molecule has 0 unspecified atom stereocenters. The lowest BCUT2D eigenvalue weighted by molar-refractivity contribution is -0.919. The van der Waals surface area contributed by atoms with Gasteiger partial charge in [-0.25, -0.2) is 0 Å². The van der Waals surface area contributed by atoms with E-state index >= 15 is 0 Å². The lowest BCUT2D eigenvalue weighted by Gasteiger charge is -2.23. The second kappa shape index (κ2) is 8.61. The molecule has 0 radical (unpaired) electrons. The zero-order valence-corrected chi connectivity index (χ0v) is 16.6. The van der Waals surface area contributed by atoms with Crippen LogP contribution in [0.5, 0.6) is 5.75 Å². The molecule has 0 saturated carbocycles. The summed E-state index contributed by atoms with van der Waals surface area (Å²) in [5, 5.41) is 3.01. The van der Waals surface area contributed by atoms with Crippen molar-refractivity contribution in [3.8, 4) is 5.75 Å². The largest absolute Gasteiger partial charge is 0.484 e. The van der Waals surface area contributed by atoms with Crippen LogP contribution >= 0.6 is 0 Å². The molecule has 2 aromatic rings. The number of carbonyl (C=O) groups is 1. The van der Waals surface area contributed by atoms with Gasteiger partial charge in [-0.05, 0) is 35.2 Å². The molecule has 1 aliphatic heterocycles. The Morgan fingerprint density at radius 2 is 1.89 bits per heavy atom. The maximum absolute atomic E-state index is 12.3. The van der Waals surface area contributed by atoms with Crippen molar-refractivity contribution in [3.05, 3.63) is 54.0 Å². The van der Waals surface area contributed by atoms with Gasteiger partial charge in [-0.1, -0.05) is 32.9 Å². The van der Waals surface area contributed by atoms with Gasteiger partial charge in [0, 0.05) is 12.8 Å². The average Bonchev–Trinajstić information content (AvgIpc) is 3.34. The minimum atomic E-state index is -0.106. The highest BCUT2D eigenvalue weighted by Gasteiger charge is 2.29. The van der Waals surface area contributed by atoms with Gasteiger partial charge in [-0.3, -0.25) is 4.79 Å². The van der Waals surface area contributed by atoms with Gasteiger partial charge in [0.15, 0.2) is 18.4 Å². The number of nitrogens with one attached hydrogen (secondary N) is 2. The number of amides is 1. The maximum atomic E-state index is 12.3. The second-order valence-corrected chi connectivity index (χ2v) is 8.30. The van der Waals surface area contributed by atoms with Crippen molar-refractivity contribution in [1.82, 2.24) is 5.32 Å². The fraction of sp³-hybridized carbons (Fsp3) is 0.500. The van der Waals surface area contributed by atoms with Crippen LogP contribution in [-0.2, 0) is 10.2 Å². The van der Waals surface area contributed by atoms with Crippen LogP contribution in [0.4, 0.5) is 0 Å². The summed E-state index contributed by atoms with van der Waals surface area (Å²) in [6.07, 6.45) is 4.16. The zero-order chi connectivity index (χ0) is 19.3. The van der Waals surface area contributed by atoms with Crippen LogP contribution < -0.4 is 15.0 Å². The Morgan fingerprint density at radius 1 is 1.19 bits per heavy atom. The first kappa shape index (κ1) is 19.5. The summed E-state index contributed by atoms with van der Waals surface area (Å²) in [7, 11) is 0. The highest BCUT2D eigenvalue weighted by Crippen LogP contribution is 2.24. The topological polar surface area (TPSA) is 55.9 Å². The Kier molecular flexibility index (Phi) is 6.22. The third-order valence-electron chi connectivity index (χ3n) is 5.22. The molecule has 1 atom stereocenters. The van der Waals surface area contributed by atoms with Gasteiger partial charge in [-0.15, -0.1) is 0 Å². The van der Waals surface area contributed by atoms with Crippen LogP contribution in [0.15, 0.2) is 47.1 Å². The van der Waals surface area contributed by atoms with Crippen LogP contribution in [0.1, 0.15) is 51.0 Å². The third kappa shape index (κ3) is 5.36. The SMILES string of the molecule is CC(C)(C)c1ccc(OCC(=O)NC[C@@H](c2ccco2)[NH+]2CCCC2)cc1. The van der Waals surface area contributed by atoms with Crippen molar-refractivity contribution in [2.75, 3.05) is 26.2 Å². The highest BCUT2D eigenvalue weighted by atomic mass is 16.5. The van der Waals surface area contributed by atoms with Gasteiger partial charge < -0.3 is 19.4 Å². The molecule has 1 amide bonds. The monoisotopic (exact) mass is 371 g/mol. The molecule has 5 heteroatoms. The number of hydrogen-bond acceptors (Lipinski definition) is 3. The molecule has 1 aromatic heterocycles. The van der Waals surface area contributed by atoms with Gasteiger partial charge in [-0.2, -0.15) is 0 Å². The fourth-order valence-electron chi connectivity index (χ4n) is 3.58. The van der Waals surface area contributed by atoms with Crippen LogP contribution in [0.2, 0.25) is 0 Å². The molecule has 5 nitrogen and oxygen atoms in total. The van der Waals surface area contributed by atoms with E-state index in [1.165, 1.54) is 23.3 Å². The van der Waals surface area contributed by atoms with E-state index < -0.39 is 0 Å². The molecule has 0 bridgehead atoms. The summed E-state index contributed by atoms with van der Waals surface area (Å²) in [4.78, 5) is 13.7. The molecule has 1 fully saturated rings. The molecular weight excluding hydrogens is 340 g/mol. The molecule has 0 aliphatic carbocycles. The third-order valence-corrected chi connectivity index (χ3v) is 5.22. The molecule has 3 rings (SSSR count). The summed E-state index contributed by atoms with van der Waals surface area (Å²) in [5.74, 6) is 1.54. The van der Waals surface area contributed by atoms with Crippen molar-refractivity contribution in [3.63, 3.8) is 0 Å². The van der Waals surface area contributed by atoms with Gasteiger partial charge in [0.05, 0.1) is 25.9 Å². The van der Waals surface area contributed by atoms with E-state index in [4.69, 9.17) is 9.15 Å². The Balaban J connectivity index is 1.49. The Bertz CT molecular complexity index is 711. The van der Waals surface area contributed by atoms with E-state index in [0.29, 0.717) is 12.3 Å². The van der Waals surface area contributed by atoms with E-state index in [1.54, 1.807) is 6.26 Å². The Hall–Kier alpha value is -2.27. The second-order valence-electron chi connectivity index (χ2n) is 8.30. The first-order valence-electron chi connectivity index (χ1n) is 9.81. The fourth-order valence-corrected chi connectivity index (χ4v) is 3.58. The predicted molar refractivity (Wildman–Crippen MR) is 105 cm³/mol. The first-order valence-corrected chi connectivity index (χ1v) is 9.81. The van der Waals surface area contributed by atoms with Crippen LogP contribution in [0.25, 0.3) is 0 Å². The number of furan rings is 1. The van der Waals surface area contributed by atoms with Crippen LogP contribution in [0, 0.1) is 0 Å². The summed E-state index contributed by atoms with van der Waals surface area (Å²) in [6.45, 7) is 9.36. The summed E-state index contributed by atoms with van der Waals surface area (Å²) in [6, 6.07) is 12.0. The quantitative estimate of drug-likeness (QED) is 0.786. The molecule has 27 heavy (non-hydrogen) atoms. The minimum absolute atomic E-state index is 0.0229. The number of rotatable bonds is 7. The number of likely N-dealkylation sites (tertiary alicyclic amines) is 1. The molecule has 0 spiro atoms. The normalized spacial score (nSPS) is 16.3. The van der Waals surface area contributed by atoms with Crippen molar-refractivity contribution in [1.29, 1.82) is 0 Å². The van der Waals surface area contributed by atoms with Crippen molar-refractivity contribution >= 4 is 5.91 Å². The molecule has 146 valence electrons. The number of carbonyl (C=O) groups excluding carboxylic acids is 1. The van der Waals surface area contributed by atoms with E-state index in [2.05, 4.69) is 38.2 Å². The lowest BCUT2D eigenvalue weighted by atomic mass is 9.87. The smallest absolute Gasteiger partial charge is 0.258 e. The molecule has 1 saturated heterocycles. The van der Waals surface area contributed by atoms with Crippen LogP contribution in [0.3, 0.4) is 0 Å². The summed E-state index contributed by atoms with van der Waals surface area (Å²) >= 11 is 0. The molecule has 2 heterocycles. The van der Waals surface area contributed by atoms with E-state index in [9.17, 15) is 4.79 Å². The molecule has 1 aliphatic rings. The van der Waals surface area contributed by atoms with E-state index in [1.807, 2.05) is 24.3 Å². The van der Waals surface area contributed by atoms with Gasteiger partial charge in [0.1, 0.15) is 5.75 Å². The number of ether oxygens (including phenoxy) is 1. The van der Waals surface area contributed by atoms with Crippen molar-refractivity contribution in [2.45, 2.75) is 45.1 Å². The lowest BCUT2D eigenvalue weighted by Crippen LogP contribution is -3.11. The van der Waals surface area contributed by atoms with Gasteiger partial charge in [0.2, 0.25) is 0 Å². The van der Waals surface area contributed by atoms with E-state index in [0.717, 1.165) is 18.8 Å². The predicted octanol–water partition coefficient (Wildman–Crippen LogP) is 2.49. The minimum Gasteiger partial charge on any atom is -0.484 e. The van der Waals surface area contributed by atoms with Crippen LogP contribution in [-0.4, -0.2) is 32.1 Å². The number of hydrogen-bond donors (Lipinski definition) is 2. The highest BCUT2D eigenvalue weighted by molar-refractivity contribution is 5.77. The van der Waals surface area contributed by atoms with Gasteiger partial charge in [0.25, 0.3) is 5.91 Å². The Labute approximate surface area is 161 Å². The average molecular weight is 372 g/mol. The number of benzene rings is 1. The number of quaternary nitrogens is 1. The van der Waals surface area contributed by atoms with E-state index in [-0.39, 0.29) is 24.0 Å². The summed E-state index contributed by atoms with van der Waals surface area (Å²) < 4.78 is 11.2. The van der Waals surface area contributed by atoms with Gasteiger partial charge >= 0.3 is 0 Å². The van der Waals surface area contributed by atoms with Crippen molar-refractivity contribution in [2.24, 2.45) is 0 Å². The summed E-state index contributed by atoms with van der Waals surface area (Å²) in [5.41, 5.74) is 1.35. The molecule has 2 N–H and O–H groups in total. The van der Waals surface area contributed by atoms with Crippen molar-refractivity contribution < 1.29 is 18.8 Å². The zero-order valence-electron chi connectivity index (χ0n) is 16.6. The maximum Gasteiger partial charge on any atom is 0.258 e. The molecular formula is C22H31N2O3+. The Morgan fingerprint density at radius 3 is 2.48 bits per heavy atom. The first-order chi connectivity index (χ1) is 12.9. The molecule has 1 aromatic carbocycles.